The zero-order valence-corrected chi connectivity index (χ0v) is 17.6. The quantitative estimate of drug-likeness (QED) is 0.392. The molecule has 1 unspecified atom stereocenters. The largest absolute Gasteiger partial charge is 0.507 e. The van der Waals surface area contributed by atoms with Crippen molar-refractivity contribution in [3.8, 4) is 0 Å². The molecule has 0 radical (unpaired) electrons. The molecule has 0 saturated carbocycles. The summed E-state index contributed by atoms with van der Waals surface area (Å²) in [5.41, 5.74) is 0.382. The van der Waals surface area contributed by atoms with Gasteiger partial charge in [-0.2, -0.15) is 0 Å². The molecule has 1 N–H and O–H groups in total. The maximum absolute atomic E-state index is 14.6. The molecule has 152 valence electrons. The van der Waals surface area contributed by atoms with Crippen molar-refractivity contribution in [1.82, 2.24) is 4.90 Å². The number of Topliss-reactive ketones (excluding diaryl/α,β-unsaturated/α-hetero) is 1. The highest BCUT2D eigenvalue weighted by Gasteiger charge is 2.46. The summed E-state index contributed by atoms with van der Waals surface area (Å²) in [4.78, 5) is 26.8. The summed E-state index contributed by atoms with van der Waals surface area (Å²) in [5.74, 6) is -2.53. The SMILES string of the molecule is CC(C)OCCN1C(=O)C(=O)/C(=C(\O)c2ccc(Br)cc2)C1c1ccccc1F. The van der Waals surface area contributed by atoms with E-state index in [-0.39, 0.29) is 36.2 Å². The van der Waals surface area contributed by atoms with Gasteiger partial charge in [0.05, 0.1) is 24.3 Å². The van der Waals surface area contributed by atoms with E-state index in [9.17, 15) is 19.1 Å². The van der Waals surface area contributed by atoms with Crippen molar-refractivity contribution in [1.29, 1.82) is 0 Å². The third-order valence-electron chi connectivity index (χ3n) is 4.64. The lowest BCUT2D eigenvalue weighted by molar-refractivity contribution is -0.140. The molecule has 2 aromatic carbocycles. The van der Waals surface area contributed by atoms with Crippen molar-refractivity contribution >= 4 is 33.4 Å². The molecule has 1 atom stereocenters. The molecule has 0 aliphatic carbocycles. The minimum absolute atomic E-state index is 0.0542. The molecule has 3 rings (SSSR count). The molecule has 1 heterocycles. The Hall–Kier alpha value is -2.51. The van der Waals surface area contributed by atoms with Crippen molar-refractivity contribution in [2.75, 3.05) is 13.2 Å². The summed E-state index contributed by atoms with van der Waals surface area (Å²) < 4.78 is 20.9. The van der Waals surface area contributed by atoms with E-state index in [4.69, 9.17) is 4.74 Å². The van der Waals surface area contributed by atoms with Gasteiger partial charge in [-0.05, 0) is 32.0 Å². The number of rotatable bonds is 6. The number of ketones is 1. The first kappa shape index (κ1) is 21.2. The number of halogens is 2. The summed E-state index contributed by atoms with van der Waals surface area (Å²) in [6.07, 6.45) is -0.0542. The van der Waals surface area contributed by atoms with Gasteiger partial charge in [-0.1, -0.05) is 46.3 Å². The third-order valence-corrected chi connectivity index (χ3v) is 5.17. The van der Waals surface area contributed by atoms with Gasteiger partial charge in [0.1, 0.15) is 11.6 Å². The van der Waals surface area contributed by atoms with Crippen LogP contribution < -0.4 is 0 Å². The Kier molecular flexibility index (Phi) is 6.49. The Labute approximate surface area is 176 Å². The van der Waals surface area contributed by atoms with Crippen LogP contribution in [0, 0.1) is 5.82 Å². The molecule has 0 bridgehead atoms. The van der Waals surface area contributed by atoms with E-state index in [1.165, 1.54) is 23.1 Å². The van der Waals surface area contributed by atoms with Gasteiger partial charge in [0, 0.05) is 22.1 Å². The minimum atomic E-state index is -1.03. The van der Waals surface area contributed by atoms with Crippen molar-refractivity contribution in [3.63, 3.8) is 0 Å². The first-order valence-corrected chi connectivity index (χ1v) is 10.0. The predicted molar refractivity (Wildman–Crippen MR) is 111 cm³/mol. The summed E-state index contributed by atoms with van der Waals surface area (Å²) >= 11 is 3.32. The van der Waals surface area contributed by atoms with Crippen LogP contribution in [0.25, 0.3) is 5.76 Å². The van der Waals surface area contributed by atoms with Gasteiger partial charge in [0.2, 0.25) is 0 Å². The highest BCUT2D eigenvalue weighted by atomic mass is 79.9. The molecular weight excluding hydrogens is 441 g/mol. The van der Waals surface area contributed by atoms with Crippen molar-refractivity contribution in [2.24, 2.45) is 0 Å². The monoisotopic (exact) mass is 461 g/mol. The number of amides is 1. The number of carbonyl (C=O) groups is 2. The number of aliphatic hydroxyl groups excluding tert-OH is 1. The number of benzene rings is 2. The Balaban J connectivity index is 2.11. The van der Waals surface area contributed by atoms with Crippen LogP contribution in [0.15, 0.2) is 58.6 Å². The highest BCUT2D eigenvalue weighted by molar-refractivity contribution is 9.10. The third kappa shape index (κ3) is 4.41. The Morgan fingerprint density at radius 1 is 1.17 bits per heavy atom. The minimum Gasteiger partial charge on any atom is -0.507 e. The summed E-state index contributed by atoms with van der Waals surface area (Å²) in [5, 5.41) is 10.9. The standard InChI is InChI=1S/C22H21BrFNO4/c1-13(2)29-12-11-25-19(16-5-3-4-6-17(16)24)18(21(27)22(25)28)20(26)14-7-9-15(23)10-8-14/h3-10,13,19,26H,11-12H2,1-2H3/b20-18-. The molecule has 5 nitrogen and oxygen atoms in total. The number of ether oxygens (including phenoxy) is 1. The second-order valence-corrected chi connectivity index (χ2v) is 7.86. The second kappa shape index (κ2) is 8.88. The van der Waals surface area contributed by atoms with E-state index in [2.05, 4.69) is 15.9 Å². The summed E-state index contributed by atoms with van der Waals surface area (Å²) in [6, 6.07) is 11.6. The van der Waals surface area contributed by atoms with Crippen molar-refractivity contribution < 1.29 is 23.8 Å². The predicted octanol–water partition coefficient (Wildman–Crippen LogP) is 4.43. The molecule has 1 fully saturated rings. The van der Waals surface area contributed by atoms with Gasteiger partial charge < -0.3 is 14.7 Å². The summed E-state index contributed by atoms with van der Waals surface area (Å²) in [7, 11) is 0. The van der Waals surface area contributed by atoms with Gasteiger partial charge in [-0.15, -0.1) is 0 Å². The number of likely N-dealkylation sites (tertiary alicyclic amines) is 1. The van der Waals surface area contributed by atoms with Crippen LogP contribution in [0.1, 0.15) is 31.0 Å². The fourth-order valence-corrected chi connectivity index (χ4v) is 3.55. The van der Waals surface area contributed by atoms with E-state index >= 15 is 0 Å². The van der Waals surface area contributed by atoms with Gasteiger partial charge in [0.25, 0.3) is 11.7 Å². The maximum atomic E-state index is 14.6. The summed E-state index contributed by atoms with van der Waals surface area (Å²) in [6.45, 7) is 4.00. The maximum Gasteiger partial charge on any atom is 0.295 e. The van der Waals surface area contributed by atoms with Crippen LogP contribution in [-0.2, 0) is 14.3 Å². The molecule has 7 heteroatoms. The molecular formula is C22H21BrFNO4. The van der Waals surface area contributed by atoms with Crippen molar-refractivity contribution in [2.45, 2.75) is 26.0 Å². The Bertz CT molecular complexity index is 956. The van der Waals surface area contributed by atoms with E-state index in [1.54, 1.807) is 30.3 Å². The van der Waals surface area contributed by atoms with E-state index in [1.807, 2.05) is 13.8 Å². The van der Waals surface area contributed by atoms with Crippen LogP contribution in [0.4, 0.5) is 4.39 Å². The number of carbonyl (C=O) groups excluding carboxylic acids is 2. The van der Waals surface area contributed by atoms with E-state index in [0.29, 0.717) is 5.56 Å². The van der Waals surface area contributed by atoms with Crippen LogP contribution in [0.2, 0.25) is 0 Å². The fourth-order valence-electron chi connectivity index (χ4n) is 3.28. The second-order valence-electron chi connectivity index (χ2n) is 6.94. The van der Waals surface area contributed by atoms with E-state index < -0.39 is 23.5 Å². The van der Waals surface area contributed by atoms with Crippen LogP contribution in [0.3, 0.4) is 0 Å². The first-order chi connectivity index (χ1) is 13.8. The zero-order valence-electron chi connectivity index (χ0n) is 16.1. The normalized spacial score (nSPS) is 18.7. The Morgan fingerprint density at radius 2 is 1.83 bits per heavy atom. The first-order valence-electron chi connectivity index (χ1n) is 9.21. The molecule has 1 saturated heterocycles. The topological polar surface area (TPSA) is 66.8 Å². The van der Waals surface area contributed by atoms with Crippen LogP contribution in [0.5, 0.6) is 0 Å². The number of hydrogen-bond acceptors (Lipinski definition) is 4. The lowest BCUT2D eigenvalue weighted by atomic mass is 9.95. The molecule has 29 heavy (non-hydrogen) atoms. The number of aliphatic hydroxyl groups is 1. The molecule has 1 aliphatic heterocycles. The van der Waals surface area contributed by atoms with Crippen LogP contribution in [-0.4, -0.2) is 41.0 Å². The van der Waals surface area contributed by atoms with Gasteiger partial charge in [-0.3, -0.25) is 9.59 Å². The number of nitrogens with zero attached hydrogens (tertiary/aromatic N) is 1. The van der Waals surface area contributed by atoms with Crippen molar-refractivity contribution in [3.05, 3.63) is 75.5 Å². The molecule has 1 aliphatic rings. The number of hydrogen-bond donors (Lipinski definition) is 1. The lowest BCUT2D eigenvalue weighted by Gasteiger charge is -2.26. The lowest BCUT2D eigenvalue weighted by Crippen LogP contribution is -2.33. The molecule has 1 amide bonds. The average Bonchev–Trinajstić information content (AvgIpc) is 2.93. The fraction of sp³-hybridized carbons (Fsp3) is 0.273. The Morgan fingerprint density at radius 3 is 2.45 bits per heavy atom. The smallest absolute Gasteiger partial charge is 0.295 e. The average molecular weight is 462 g/mol. The molecule has 0 aromatic heterocycles. The van der Waals surface area contributed by atoms with Crippen LogP contribution >= 0.6 is 15.9 Å². The molecule has 0 spiro atoms. The zero-order chi connectivity index (χ0) is 21.1. The van der Waals surface area contributed by atoms with Gasteiger partial charge >= 0.3 is 0 Å². The highest BCUT2D eigenvalue weighted by Crippen LogP contribution is 2.40. The van der Waals surface area contributed by atoms with Gasteiger partial charge in [0.15, 0.2) is 0 Å². The molecule has 2 aromatic rings. The van der Waals surface area contributed by atoms with Gasteiger partial charge in [-0.25, -0.2) is 4.39 Å². The van der Waals surface area contributed by atoms with E-state index in [0.717, 1.165) is 4.47 Å².